The molecule has 2 aromatic rings. The highest BCUT2D eigenvalue weighted by Gasteiger charge is 2.19. The lowest BCUT2D eigenvalue weighted by Crippen LogP contribution is -2.14. The van der Waals surface area contributed by atoms with Crippen molar-refractivity contribution >= 4 is 33.8 Å². The molecule has 2 rings (SSSR count). The lowest BCUT2D eigenvalue weighted by Gasteiger charge is -2.16. The molecule has 4 nitrogen and oxygen atoms in total. The summed E-state index contributed by atoms with van der Waals surface area (Å²) in [6.45, 7) is 7.71. The molecule has 0 aromatic heterocycles. The summed E-state index contributed by atoms with van der Waals surface area (Å²) in [6.07, 6.45) is 0.774. The van der Waals surface area contributed by atoms with Crippen molar-refractivity contribution in [2.24, 2.45) is 0 Å². The van der Waals surface area contributed by atoms with Crippen LogP contribution in [0.4, 0.5) is 5.69 Å². The number of benzene rings is 2. The lowest BCUT2D eigenvalue weighted by molar-refractivity contribution is -0.105. The molecule has 26 heavy (non-hydrogen) atoms. The summed E-state index contributed by atoms with van der Waals surface area (Å²) in [4.78, 5) is 23.3. The molecule has 0 aliphatic carbocycles. The number of carbonyl (C=O) groups excluding carboxylic acids is 2. The number of nitrogens with one attached hydrogen (secondary N) is 1. The standard InChI is InChI=1S/C19H17BrN2O2.C2H6/c1-19(2,11-21)14-5-3-13(4-6-14)9-18(24)16-10-15(20)7-8-17(16)22-12-23;1-2/h3-8,10,12H,9H2,1-2H3,(H,22,23);1-2H3. The molecule has 0 radical (unpaired) electrons. The molecule has 1 amide bonds. The van der Waals surface area contributed by atoms with Crippen LogP contribution >= 0.6 is 15.9 Å². The van der Waals surface area contributed by atoms with E-state index >= 15 is 0 Å². The van der Waals surface area contributed by atoms with Crippen molar-refractivity contribution in [1.82, 2.24) is 0 Å². The minimum absolute atomic E-state index is 0.0899. The summed E-state index contributed by atoms with van der Waals surface area (Å²) in [6, 6.07) is 14.9. The molecule has 1 N–H and O–H groups in total. The normalized spacial score (nSPS) is 10.2. The van der Waals surface area contributed by atoms with Crippen molar-refractivity contribution in [3.05, 3.63) is 63.6 Å². The van der Waals surface area contributed by atoms with Gasteiger partial charge in [-0.05, 0) is 43.2 Å². The van der Waals surface area contributed by atoms with Gasteiger partial charge in [-0.3, -0.25) is 9.59 Å². The third kappa shape index (κ3) is 5.53. The van der Waals surface area contributed by atoms with E-state index in [1.165, 1.54) is 0 Å². The van der Waals surface area contributed by atoms with Crippen LogP contribution in [0.1, 0.15) is 49.2 Å². The fourth-order valence-electron chi connectivity index (χ4n) is 2.32. The van der Waals surface area contributed by atoms with Gasteiger partial charge in [-0.15, -0.1) is 0 Å². The fraction of sp³-hybridized carbons (Fsp3) is 0.286. The van der Waals surface area contributed by atoms with Gasteiger partial charge in [0.25, 0.3) is 0 Å². The van der Waals surface area contributed by atoms with Crippen LogP contribution in [0.15, 0.2) is 46.9 Å². The third-order valence-electron chi connectivity index (χ3n) is 3.82. The second-order valence-electron chi connectivity index (χ2n) is 5.99. The van der Waals surface area contributed by atoms with Crippen LogP contribution < -0.4 is 5.32 Å². The van der Waals surface area contributed by atoms with Gasteiger partial charge in [0.1, 0.15) is 0 Å². The monoisotopic (exact) mass is 414 g/mol. The number of nitriles is 1. The third-order valence-corrected chi connectivity index (χ3v) is 4.31. The molecule has 0 aliphatic heterocycles. The molecule has 0 fully saturated rings. The number of anilines is 1. The molecule has 136 valence electrons. The Balaban J connectivity index is 0.00000163. The number of halogens is 1. The average Bonchev–Trinajstić information content (AvgIpc) is 2.65. The van der Waals surface area contributed by atoms with Gasteiger partial charge in [-0.25, -0.2) is 0 Å². The molecule has 0 saturated heterocycles. The zero-order chi connectivity index (χ0) is 19.7. The van der Waals surface area contributed by atoms with E-state index in [1.807, 2.05) is 52.0 Å². The molecular formula is C21H23BrN2O2. The van der Waals surface area contributed by atoms with Crippen molar-refractivity contribution in [3.8, 4) is 6.07 Å². The number of ketones is 1. The predicted octanol–water partition coefficient (Wildman–Crippen LogP) is 5.27. The summed E-state index contributed by atoms with van der Waals surface area (Å²) >= 11 is 3.34. The van der Waals surface area contributed by atoms with Crippen LogP contribution in [0.2, 0.25) is 0 Å². The van der Waals surface area contributed by atoms with Gasteiger partial charge >= 0.3 is 0 Å². The highest BCUT2D eigenvalue weighted by Crippen LogP contribution is 2.25. The molecule has 0 saturated carbocycles. The molecular weight excluding hydrogens is 392 g/mol. The zero-order valence-corrected chi connectivity index (χ0v) is 17.1. The Morgan fingerprint density at radius 1 is 1.19 bits per heavy atom. The van der Waals surface area contributed by atoms with E-state index < -0.39 is 5.41 Å². The molecule has 0 spiro atoms. The molecule has 2 aromatic carbocycles. The number of nitrogens with zero attached hydrogens (tertiary/aromatic N) is 1. The summed E-state index contributed by atoms with van der Waals surface area (Å²) in [5.74, 6) is -0.0899. The largest absolute Gasteiger partial charge is 0.328 e. The van der Waals surface area contributed by atoms with Gasteiger partial charge in [0.05, 0.1) is 17.2 Å². The van der Waals surface area contributed by atoms with Gasteiger partial charge in [0, 0.05) is 16.5 Å². The minimum Gasteiger partial charge on any atom is -0.328 e. The lowest BCUT2D eigenvalue weighted by atomic mass is 9.85. The Morgan fingerprint density at radius 3 is 2.35 bits per heavy atom. The Kier molecular flexibility index (Phi) is 8.21. The van der Waals surface area contributed by atoms with Crippen LogP contribution in [0.5, 0.6) is 0 Å². The topological polar surface area (TPSA) is 70.0 Å². The maximum atomic E-state index is 12.6. The summed E-state index contributed by atoms with van der Waals surface area (Å²) in [5, 5.41) is 11.7. The fourth-order valence-corrected chi connectivity index (χ4v) is 2.68. The predicted molar refractivity (Wildman–Crippen MR) is 108 cm³/mol. The maximum absolute atomic E-state index is 12.6. The number of Topliss-reactive ketones (excluding diaryl/α,β-unsaturated/α-hetero) is 1. The van der Waals surface area contributed by atoms with E-state index in [1.54, 1.807) is 18.2 Å². The Labute approximate surface area is 163 Å². The van der Waals surface area contributed by atoms with Gasteiger partial charge in [0.2, 0.25) is 6.41 Å². The number of carbonyl (C=O) groups is 2. The average molecular weight is 415 g/mol. The van der Waals surface area contributed by atoms with E-state index in [9.17, 15) is 14.9 Å². The first-order chi connectivity index (χ1) is 12.4. The first-order valence-corrected chi connectivity index (χ1v) is 9.20. The van der Waals surface area contributed by atoms with Crippen molar-refractivity contribution in [2.45, 2.75) is 39.5 Å². The Hall–Kier alpha value is -2.45. The van der Waals surface area contributed by atoms with E-state index in [2.05, 4.69) is 27.3 Å². The number of rotatable bonds is 6. The van der Waals surface area contributed by atoms with Gasteiger partial charge in [-0.1, -0.05) is 54.0 Å². The van der Waals surface area contributed by atoms with Crippen LogP contribution in [-0.4, -0.2) is 12.2 Å². The molecule has 0 bridgehead atoms. The van der Waals surface area contributed by atoms with Crippen molar-refractivity contribution < 1.29 is 9.59 Å². The van der Waals surface area contributed by atoms with Gasteiger partial charge < -0.3 is 5.32 Å². The highest BCUT2D eigenvalue weighted by atomic mass is 79.9. The molecule has 0 unspecified atom stereocenters. The summed E-state index contributed by atoms with van der Waals surface area (Å²) in [5.41, 5.74) is 2.15. The Bertz CT molecular complexity index is 806. The quantitative estimate of drug-likeness (QED) is 0.516. The molecule has 0 atom stereocenters. The van der Waals surface area contributed by atoms with Gasteiger partial charge in [-0.2, -0.15) is 5.26 Å². The van der Waals surface area contributed by atoms with Crippen LogP contribution in [0, 0.1) is 11.3 Å². The van der Waals surface area contributed by atoms with Crippen LogP contribution in [-0.2, 0) is 16.6 Å². The number of amides is 1. The van der Waals surface area contributed by atoms with Crippen LogP contribution in [0.25, 0.3) is 0 Å². The highest BCUT2D eigenvalue weighted by molar-refractivity contribution is 9.10. The molecule has 5 heteroatoms. The molecule has 0 aliphatic rings. The second-order valence-corrected chi connectivity index (χ2v) is 6.90. The van der Waals surface area contributed by atoms with Crippen molar-refractivity contribution in [3.63, 3.8) is 0 Å². The van der Waals surface area contributed by atoms with E-state index in [4.69, 9.17) is 0 Å². The summed E-state index contributed by atoms with van der Waals surface area (Å²) < 4.78 is 0.772. The summed E-state index contributed by atoms with van der Waals surface area (Å²) in [7, 11) is 0. The zero-order valence-electron chi connectivity index (χ0n) is 15.5. The Morgan fingerprint density at radius 2 is 1.81 bits per heavy atom. The first-order valence-electron chi connectivity index (χ1n) is 8.41. The number of hydrogen-bond acceptors (Lipinski definition) is 3. The van der Waals surface area contributed by atoms with E-state index in [0.717, 1.165) is 15.6 Å². The van der Waals surface area contributed by atoms with Gasteiger partial charge in [0.15, 0.2) is 5.78 Å². The number of hydrogen-bond donors (Lipinski definition) is 1. The minimum atomic E-state index is -0.562. The SMILES string of the molecule is CC.CC(C)(C#N)c1ccc(CC(=O)c2cc(Br)ccc2NC=O)cc1. The first kappa shape index (κ1) is 21.6. The second kappa shape index (κ2) is 9.88. The van der Waals surface area contributed by atoms with Crippen LogP contribution in [0.3, 0.4) is 0 Å². The van der Waals surface area contributed by atoms with E-state index in [-0.39, 0.29) is 12.2 Å². The maximum Gasteiger partial charge on any atom is 0.211 e. The van der Waals surface area contributed by atoms with Crippen molar-refractivity contribution in [1.29, 1.82) is 5.26 Å². The van der Waals surface area contributed by atoms with E-state index in [0.29, 0.717) is 17.7 Å². The smallest absolute Gasteiger partial charge is 0.211 e. The molecule has 0 heterocycles. The van der Waals surface area contributed by atoms with Crippen molar-refractivity contribution in [2.75, 3.05) is 5.32 Å².